The molecule has 0 radical (unpaired) electrons. The zero-order valence-electron chi connectivity index (χ0n) is 11.2. The number of benzene rings is 2. The second-order valence-electron chi connectivity index (χ2n) is 5.00. The molecule has 2 aromatic carbocycles. The molecule has 3 nitrogen and oxygen atoms in total. The molecule has 20 heavy (non-hydrogen) atoms. The zero-order chi connectivity index (χ0) is 14.1. The van der Waals surface area contributed by atoms with Gasteiger partial charge in [0.2, 0.25) is 0 Å². The number of amides is 1. The lowest BCUT2D eigenvalue weighted by Gasteiger charge is -2.09. The third-order valence-electron chi connectivity index (χ3n) is 3.54. The molecule has 0 saturated carbocycles. The highest BCUT2D eigenvalue weighted by Gasteiger charge is 2.14. The molecular weight excluding hydrogens is 272 g/mol. The number of nitrogens with one attached hydrogen (secondary N) is 2. The van der Waals surface area contributed by atoms with E-state index in [2.05, 4.69) is 10.6 Å². The Balaban J connectivity index is 1.82. The summed E-state index contributed by atoms with van der Waals surface area (Å²) in [5, 5.41) is 6.87. The van der Waals surface area contributed by atoms with Crippen LogP contribution >= 0.6 is 11.6 Å². The van der Waals surface area contributed by atoms with E-state index in [9.17, 15) is 4.79 Å². The molecule has 102 valence electrons. The summed E-state index contributed by atoms with van der Waals surface area (Å²) in [6.07, 6.45) is 0. The third kappa shape index (κ3) is 2.55. The first kappa shape index (κ1) is 13.2. The summed E-state index contributed by atoms with van der Waals surface area (Å²) in [5.74, 6) is -0.0925. The van der Waals surface area contributed by atoms with Gasteiger partial charge in [0.15, 0.2) is 0 Å². The van der Waals surface area contributed by atoms with E-state index >= 15 is 0 Å². The Hall–Kier alpha value is -1.84. The average Bonchev–Trinajstić information content (AvgIpc) is 2.89. The predicted octanol–water partition coefficient (Wildman–Crippen LogP) is 3.50. The van der Waals surface area contributed by atoms with Gasteiger partial charge in [-0.15, -0.1) is 0 Å². The largest absolute Gasteiger partial charge is 0.322 e. The van der Waals surface area contributed by atoms with E-state index < -0.39 is 0 Å². The van der Waals surface area contributed by atoms with Gasteiger partial charge in [0.05, 0.1) is 0 Å². The van der Waals surface area contributed by atoms with Gasteiger partial charge in [-0.2, -0.15) is 0 Å². The predicted molar refractivity (Wildman–Crippen MR) is 81.1 cm³/mol. The summed E-state index contributed by atoms with van der Waals surface area (Å²) in [7, 11) is 0. The quantitative estimate of drug-likeness (QED) is 0.887. The lowest BCUT2D eigenvalue weighted by Crippen LogP contribution is -2.13. The van der Waals surface area contributed by atoms with Gasteiger partial charge in [0, 0.05) is 29.4 Å². The van der Waals surface area contributed by atoms with Crippen molar-refractivity contribution < 1.29 is 4.79 Å². The molecule has 0 bridgehead atoms. The molecule has 1 heterocycles. The van der Waals surface area contributed by atoms with E-state index in [-0.39, 0.29) is 5.91 Å². The number of anilines is 1. The highest BCUT2D eigenvalue weighted by molar-refractivity contribution is 6.30. The van der Waals surface area contributed by atoms with Crippen LogP contribution in [-0.4, -0.2) is 5.91 Å². The minimum Gasteiger partial charge on any atom is -0.322 e. The van der Waals surface area contributed by atoms with Crippen molar-refractivity contribution in [3.05, 3.63) is 63.7 Å². The minimum atomic E-state index is -0.0925. The Labute approximate surface area is 123 Å². The molecule has 0 aromatic heterocycles. The van der Waals surface area contributed by atoms with E-state index in [1.54, 1.807) is 6.07 Å². The first-order chi connectivity index (χ1) is 9.63. The maximum Gasteiger partial charge on any atom is 0.255 e. The monoisotopic (exact) mass is 286 g/mol. The van der Waals surface area contributed by atoms with Crippen molar-refractivity contribution in [3.63, 3.8) is 0 Å². The molecule has 0 saturated heterocycles. The number of carbonyl (C=O) groups excluding carboxylic acids is 1. The molecule has 3 rings (SSSR count). The molecule has 0 aliphatic carbocycles. The number of hydrogen-bond acceptors (Lipinski definition) is 2. The van der Waals surface area contributed by atoms with E-state index in [0.29, 0.717) is 10.6 Å². The molecular formula is C16H15ClN2O. The molecule has 0 unspecified atom stereocenters. The van der Waals surface area contributed by atoms with Crippen molar-refractivity contribution in [1.29, 1.82) is 0 Å². The zero-order valence-corrected chi connectivity index (χ0v) is 11.9. The highest BCUT2D eigenvalue weighted by atomic mass is 35.5. The van der Waals surface area contributed by atoms with Crippen molar-refractivity contribution in [2.45, 2.75) is 20.0 Å². The van der Waals surface area contributed by atoms with Gasteiger partial charge in [-0.25, -0.2) is 0 Å². The van der Waals surface area contributed by atoms with Gasteiger partial charge in [0.1, 0.15) is 0 Å². The Morgan fingerprint density at radius 2 is 1.95 bits per heavy atom. The standard InChI is InChI=1S/C16H15ClN2O/c1-10-6-14(17)4-5-15(10)19-16(20)11-2-3-12-8-18-9-13(12)7-11/h2-7,18H,8-9H2,1H3,(H,19,20). The van der Waals surface area contributed by atoms with Gasteiger partial charge < -0.3 is 10.6 Å². The summed E-state index contributed by atoms with van der Waals surface area (Å²) >= 11 is 5.91. The molecule has 1 aliphatic heterocycles. The van der Waals surface area contributed by atoms with E-state index in [4.69, 9.17) is 11.6 Å². The van der Waals surface area contributed by atoms with Crippen LogP contribution in [0.15, 0.2) is 36.4 Å². The van der Waals surface area contributed by atoms with Crippen LogP contribution in [0.3, 0.4) is 0 Å². The molecule has 1 amide bonds. The van der Waals surface area contributed by atoms with Crippen LogP contribution < -0.4 is 10.6 Å². The molecule has 0 fully saturated rings. The van der Waals surface area contributed by atoms with E-state index in [1.807, 2.05) is 37.3 Å². The molecule has 4 heteroatoms. The Kier molecular flexibility index (Phi) is 3.47. The van der Waals surface area contributed by atoms with Crippen LogP contribution in [-0.2, 0) is 13.1 Å². The van der Waals surface area contributed by atoms with Crippen molar-refractivity contribution in [2.75, 3.05) is 5.32 Å². The number of aryl methyl sites for hydroxylation is 1. The van der Waals surface area contributed by atoms with Crippen LogP contribution in [0.25, 0.3) is 0 Å². The molecule has 2 aromatic rings. The van der Waals surface area contributed by atoms with Crippen LogP contribution in [0.4, 0.5) is 5.69 Å². The fourth-order valence-electron chi connectivity index (χ4n) is 2.40. The van der Waals surface area contributed by atoms with Crippen LogP contribution in [0.2, 0.25) is 5.02 Å². The van der Waals surface area contributed by atoms with Gasteiger partial charge in [0.25, 0.3) is 5.91 Å². The summed E-state index contributed by atoms with van der Waals surface area (Å²) in [6.45, 7) is 3.64. The molecule has 0 spiro atoms. The van der Waals surface area contributed by atoms with Crippen molar-refractivity contribution in [2.24, 2.45) is 0 Å². The maximum absolute atomic E-state index is 12.3. The Morgan fingerprint density at radius 3 is 2.75 bits per heavy atom. The van der Waals surface area contributed by atoms with Gasteiger partial charge in [-0.05, 0) is 53.9 Å². The first-order valence-corrected chi connectivity index (χ1v) is 6.91. The van der Waals surface area contributed by atoms with Gasteiger partial charge in [-0.1, -0.05) is 17.7 Å². The number of rotatable bonds is 2. The Bertz CT molecular complexity index is 682. The van der Waals surface area contributed by atoms with Crippen molar-refractivity contribution in [3.8, 4) is 0 Å². The van der Waals surface area contributed by atoms with Crippen LogP contribution in [0.1, 0.15) is 27.0 Å². The lowest BCUT2D eigenvalue weighted by atomic mass is 10.1. The average molecular weight is 287 g/mol. The molecule has 2 N–H and O–H groups in total. The SMILES string of the molecule is Cc1cc(Cl)ccc1NC(=O)c1ccc2c(c1)CNC2. The van der Waals surface area contributed by atoms with E-state index in [1.165, 1.54) is 11.1 Å². The van der Waals surface area contributed by atoms with E-state index in [0.717, 1.165) is 24.3 Å². The van der Waals surface area contributed by atoms with Crippen LogP contribution in [0.5, 0.6) is 0 Å². The van der Waals surface area contributed by atoms with Gasteiger partial charge >= 0.3 is 0 Å². The van der Waals surface area contributed by atoms with Crippen molar-refractivity contribution in [1.82, 2.24) is 5.32 Å². The number of hydrogen-bond donors (Lipinski definition) is 2. The number of halogens is 1. The lowest BCUT2D eigenvalue weighted by molar-refractivity contribution is 0.102. The van der Waals surface area contributed by atoms with Gasteiger partial charge in [-0.3, -0.25) is 4.79 Å². The number of fused-ring (bicyclic) bond motifs is 1. The normalized spacial score (nSPS) is 13.1. The maximum atomic E-state index is 12.3. The topological polar surface area (TPSA) is 41.1 Å². The second-order valence-corrected chi connectivity index (χ2v) is 5.44. The smallest absolute Gasteiger partial charge is 0.255 e. The summed E-state index contributed by atoms with van der Waals surface area (Å²) in [4.78, 5) is 12.3. The fourth-order valence-corrected chi connectivity index (χ4v) is 2.62. The third-order valence-corrected chi connectivity index (χ3v) is 3.77. The molecule has 0 atom stereocenters. The van der Waals surface area contributed by atoms with Crippen molar-refractivity contribution >= 4 is 23.2 Å². The minimum absolute atomic E-state index is 0.0925. The fraction of sp³-hybridized carbons (Fsp3) is 0.188. The summed E-state index contributed by atoms with van der Waals surface area (Å²) in [5.41, 5.74) is 4.89. The summed E-state index contributed by atoms with van der Waals surface area (Å²) < 4.78 is 0. The van der Waals surface area contributed by atoms with Crippen LogP contribution in [0, 0.1) is 6.92 Å². The second kappa shape index (κ2) is 5.27. The highest BCUT2D eigenvalue weighted by Crippen LogP contribution is 2.21. The first-order valence-electron chi connectivity index (χ1n) is 6.53. The molecule has 1 aliphatic rings. The Morgan fingerprint density at radius 1 is 1.15 bits per heavy atom. The summed E-state index contributed by atoms with van der Waals surface area (Å²) in [6, 6.07) is 11.3. The number of carbonyl (C=O) groups is 1.